The number of fused-ring (bicyclic) bond motifs is 5. The molecule has 5 rings (SSSR count). The maximum atomic E-state index is 13.0. The van der Waals surface area contributed by atoms with Gasteiger partial charge in [0.15, 0.2) is 11.5 Å². The minimum atomic E-state index is -1.13. The topological polar surface area (TPSA) is 127 Å². The number of anilines is 3. The van der Waals surface area contributed by atoms with Crippen molar-refractivity contribution in [1.29, 1.82) is 0 Å². The van der Waals surface area contributed by atoms with E-state index in [-0.39, 0.29) is 17.7 Å². The van der Waals surface area contributed by atoms with Crippen LogP contribution >= 0.6 is 0 Å². The highest BCUT2D eigenvalue weighted by Crippen LogP contribution is 2.39. The molecule has 27 heavy (non-hydrogen) atoms. The van der Waals surface area contributed by atoms with Crippen LogP contribution in [0.15, 0.2) is 30.6 Å². The minimum absolute atomic E-state index is 0.0787. The highest BCUT2D eigenvalue weighted by atomic mass is 16.4. The Morgan fingerprint density at radius 2 is 2.15 bits per heavy atom. The predicted octanol–water partition coefficient (Wildman–Crippen LogP) is 1.68. The lowest BCUT2D eigenvalue weighted by atomic mass is 10.2. The van der Waals surface area contributed by atoms with Crippen molar-refractivity contribution in [2.24, 2.45) is 0 Å². The molecule has 5 heterocycles. The van der Waals surface area contributed by atoms with Crippen molar-refractivity contribution in [2.45, 2.75) is 12.5 Å². The van der Waals surface area contributed by atoms with E-state index in [9.17, 15) is 14.7 Å². The number of carboxylic acids is 1. The van der Waals surface area contributed by atoms with E-state index in [0.29, 0.717) is 17.9 Å². The van der Waals surface area contributed by atoms with Crippen molar-refractivity contribution in [3.05, 3.63) is 36.3 Å². The van der Waals surface area contributed by atoms with Crippen molar-refractivity contribution in [3.63, 3.8) is 0 Å². The quantitative estimate of drug-likeness (QED) is 0.630. The minimum Gasteiger partial charge on any atom is -0.477 e. The Labute approximate surface area is 152 Å². The predicted molar refractivity (Wildman–Crippen MR) is 97.2 cm³/mol. The molecule has 2 aliphatic rings. The number of nitrogens with zero attached hydrogens (tertiary/aromatic N) is 5. The van der Waals surface area contributed by atoms with E-state index in [2.05, 4.69) is 30.2 Å². The van der Waals surface area contributed by atoms with Crippen molar-refractivity contribution in [2.75, 3.05) is 28.2 Å². The maximum absolute atomic E-state index is 13.0. The highest BCUT2D eigenvalue weighted by molar-refractivity contribution is 6.04. The number of hydrogen-bond donors (Lipinski definition) is 3. The monoisotopic (exact) mass is 365 g/mol. The van der Waals surface area contributed by atoms with Gasteiger partial charge in [0.05, 0.1) is 29.0 Å². The molecule has 2 bridgehead atoms. The van der Waals surface area contributed by atoms with E-state index in [0.717, 1.165) is 24.2 Å². The highest BCUT2D eigenvalue weighted by Gasteiger charge is 2.40. The Balaban J connectivity index is 1.51. The molecule has 0 saturated carbocycles. The number of nitrogens with one attached hydrogen (secondary N) is 2. The summed E-state index contributed by atoms with van der Waals surface area (Å²) in [6.07, 6.45) is 4.13. The number of pyridine rings is 1. The molecular weight excluding hydrogens is 350 g/mol. The van der Waals surface area contributed by atoms with Crippen molar-refractivity contribution >= 4 is 40.5 Å². The van der Waals surface area contributed by atoms with Gasteiger partial charge in [-0.1, -0.05) is 0 Å². The van der Waals surface area contributed by atoms with E-state index in [1.54, 1.807) is 24.5 Å². The second-order valence-corrected chi connectivity index (χ2v) is 6.50. The number of carbonyl (C=O) groups excluding carboxylic acids is 1. The van der Waals surface area contributed by atoms with Crippen LogP contribution in [0.25, 0.3) is 11.0 Å². The van der Waals surface area contributed by atoms with Gasteiger partial charge in [0.2, 0.25) is 5.95 Å². The smallest absolute Gasteiger partial charge is 0.354 e. The van der Waals surface area contributed by atoms with Crippen molar-refractivity contribution in [1.82, 2.24) is 19.9 Å². The summed E-state index contributed by atoms with van der Waals surface area (Å²) in [5, 5.41) is 12.0. The fraction of sp³-hybridized carbons (Fsp3) is 0.235. The van der Waals surface area contributed by atoms with E-state index in [1.807, 2.05) is 0 Å². The van der Waals surface area contributed by atoms with Gasteiger partial charge in [0, 0.05) is 19.3 Å². The van der Waals surface area contributed by atoms with Gasteiger partial charge in [-0.25, -0.2) is 24.5 Å². The lowest BCUT2D eigenvalue weighted by molar-refractivity contribution is 0.0690. The molecule has 2 aliphatic heterocycles. The number of amides is 2. The molecule has 1 unspecified atom stereocenters. The van der Waals surface area contributed by atoms with Crippen LogP contribution in [0.2, 0.25) is 0 Å². The van der Waals surface area contributed by atoms with E-state index < -0.39 is 12.0 Å². The van der Waals surface area contributed by atoms with Crippen LogP contribution in [0.4, 0.5) is 22.2 Å². The van der Waals surface area contributed by atoms with E-state index >= 15 is 0 Å². The lowest BCUT2D eigenvalue weighted by Gasteiger charge is -2.35. The summed E-state index contributed by atoms with van der Waals surface area (Å²) < 4.78 is 0. The molecule has 0 aliphatic carbocycles. The van der Waals surface area contributed by atoms with Crippen LogP contribution in [0.5, 0.6) is 0 Å². The lowest BCUT2D eigenvalue weighted by Crippen LogP contribution is -2.48. The Morgan fingerprint density at radius 1 is 1.26 bits per heavy atom. The Hall–Kier alpha value is -3.69. The average Bonchev–Trinajstić information content (AvgIpc) is 3.29. The molecule has 1 saturated heterocycles. The first-order valence-corrected chi connectivity index (χ1v) is 8.50. The molecule has 3 aromatic rings. The summed E-state index contributed by atoms with van der Waals surface area (Å²) in [7, 11) is 0. The van der Waals surface area contributed by atoms with Crippen LogP contribution in [0, 0.1) is 0 Å². The first kappa shape index (κ1) is 15.6. The first-order chi connectivity index (χ1) is 13.1. The molecule has 1 atom stereocenters. The summed E-state index contributed by atoms with van der Waals surface area (Å²) in [4.78, 5) is 43.6. The molecule has 1 fully saturated rings. The number of H-pyrrole nitrogens is 1. The van der Waals surface area contributed by atoms with Crippen LogP contribution in [0.1, 0.15) is 16.9 Å². The molecule has 0 spiro atoms. The Bertz CT molecular complexity index is 1080. The van der Waals surface area contributed by atoms with E-state index in [4.69, 9.17) is 0 Å². The fourth-order valence-electron chi connectivity index (χ4n) is 3.65. The van der Waals surface area contributed by atoms with Gasteiger partial charge < -0.3 is 15.0 Å². The molecular formula is C17H15N7O3. The Kier molecular flexibility index (Phi) is 3.26. The summed E-state index contributed by atoms with van der Waals surface area (Å²) in [6.45, 7) is 1.48. The molecule has 10 heteroatoms. The second-order valence-electron chi connectivity index (χ2n) is 6.50. The summed E-state index contributed by atoms with van der Waals surface area (Å²) in [6, 6.07) is 4.45. The molecule has 0 radical (unpaired) electrons. The van der Waals surface area contributed by atoms with Crippen LogP contribution in [-0.2, 0) is 0 Å². The third-order valence-electron chi connectivity index (χ3n) is 4.91. The fourth-order valence-corrected chi connectivity index (χ4v) is 3.65. The van der Waals surface area contributed by atoms with Gasteiger partial charge in [0.1, 0.15) is 0 Å². The number of aromatic carboxylic acids is 1. The molecule has 0 aromatic carbocycles. The number of carbonyl (C=O) groups is 2. The normalized spacial score (nSPS) is 17.9. The molecule has 3 N–H and O–H groups in total. The third-order valence-corrected chi connectivity index (χ3v) is 4.91. The zero-order valence-electron chi connectivity index (χ0n) is 14.1. The van der Waals surface area contributed by atoms with Crippen LogP contribution in [0.3, 0.4) is 0 Å². The number of rotatable bonds is 2. The zero-order chi connectivity index (χ0) is 18.5. The van der Waals surface area contributed by atoms with Gasteiger partial charge in [-0.05, 0) is 24.6 Å². The number of hydrogen-bond acceptors (Lipinski definition) is 6. The number of carboxylic acid groups (broad SMARTS) is 1. The van der Waals surface area contributed by atoms with Crippen LogP contribution < -0.4 is 15.1 Å². The van der Waals surface area contributed by atoms with Gasteiger partial charge in [-0.3, -0.25) is 10.2 Å². The summed E-state index contributed by atoms with van der Waals surface area (Å²) >= 11 is 0. The molecule has 3 aromatic heterocycles. The Morgan fingerprint density at radius 3 is 3.00 bits per heavy atom. The van der Waals surface area contributed by atoms with E-state index in [1.165, 1.54) is 11.0 Å². The van der Waals surface area contributed by atoms with Gasteiger partial charge in [-0.15, -0.1) is 0 Å². The van der Waals surface area contributed by atoms with Crippen LogP contribution in [-0.4, -0.2) is 56.2 Å². The average molecular weight is 365 g/mol. The maximum Gasteiger partial charge on any atom is 0.354 e. The summed E-state index contributed by atoms with van der Waals surface area (Å²) in [5.74, 6) is -0.598. The van der Waals surface area contributed by atoms with Crippen molar-refractivity contribution < 1.29 is 14.7 Å². The third kappa shape index (κ3) is 2.45. The molecule has 10 nitrogen and oxygen atoms in total. The number of aromatic amines is 1. The van der Waals surface area contributed by atoms with Gasteiger partial charge in [-0.2, -0.15) is 0 Å². The van der Waals surface area contributed by atoms with Gasteiger partial charge >= 0.3 is 12.0 Å². The zero-order valence-corrected chi connectivity index (χ0v) is 14.1. The van der Waals surface area contributed by atoms with Gasteiger partial charge in [0.25, 0.3) is 0 Å². The largest absolute Gasteiger partial charge is 0.477 e. The standard InChI is InChI=1S/C17H15N7O3/c25-15(26)11-1-2-13-14(20-11)24(9-4-6-23(13)8-9)17(27)22-16-19-7-12-10(21-16)3-5-18-12/h1-3,5,7,9,18H,4,6,8H2,(H,25,26)(H,19,21,22,27). The summed E-state index contributed by atoms with van der Waals surface area (Å²) in [5.41, 5.74) is 2.12. The molecule has 136 valence electrons. The number of urea groups is 1. The molecule has 2 amide bonds. The van der Waals surface area contributed by atoms with Crippen molar-refractivity contribution in [3.8, 4) is 0 Å². The SMILES string of the molecule is O=C(O)c1ccc2c(n1)N(C(=O)Nc1ncc3[nH]ccc3n1)C1CCN2C1. The number of aromatic nitrogens is 4. The second kappa shape index (κ2) is 5.66. The first-order valence-electron chi connectivity index (χ1n) is 8.50.